The zero-order valence-electron chi connectivity index (χ0n) is 21.0. The van der Waals surface area contributed by atoms with Crippen LogP contribution in [0.5, 0.6) is 5.75 Å². The molecule has 1 saturated carbocycles. The van der Waals surface area contributed by atoms with Crippen molar-refractivity contribution >= 4 is 17.5 Å². The topological polar surface area (TPSA) is 58.6 Å². The molecule has 1 aliphatic heterocycles. The Balaban J connectivity index is 1.61. The number of rotatable bonds is 5. The summed E-state index contributed by atoms with van der Waals surface area (Å²) >= 11 is 0. The maximum atomic E-state index is 14.0. The molecule has 0 aromatic heterocycles. The van der Waals surface area contributed by atoms with Crippen molar-refractivity contribution in [3.63, 3.8) is 0 Å². The van der Waals surface area contributed by atoms with Crippen LogP contribution in [0.15, 0.2) is 72.8 Å². The number of benzene rings is 3. The summed E-state index contributed by atoms with van der Waals surface area (Å²) in [5.74, 6) is -0.776. The van der Waals surface area contributed by atoms with Crippen molar-refractivity contribution < 1.29 is 27.5 Å². The van der Waals surface area contributed by atoms with Gasteiger partial charge in [-0.3, -0.25) is 9.59 Å². The molecular formula is C30H29F3N2O3. The van der Waals surface area contributed by atoms with Crippen LogP contribution in [0, 0.1) is 0 Å². The van der Waals surface area contributed by atoms with E-state index >= 15 is 0 Å². The molecule has 5 nitrogen and oxygen atoms in total. The Bertz CT molecular complexity index is 1320. The summed E-state index contributed by atoms with van der Waals surface area (Å²) < 4.78 is 45.3. The smallest absolute Gasteiger partial charge is 0.416 e. The van der Waals surface area contributed by atoms with E-state index in [-0.39, 0.29) is 17.6 Å². The van der Waals surface area contributed by atoms with Crippen molar-refractivity contribution in [3.8, 4) is 5.75 Å². The highest BCUT2D eigenvalue weighted by atomic mass is 19.4. The van der Waals surface area contributed by atoms with Crippen LogP contribution in [0.3, 0.4) is 0 Å². The fraction of sp³-hybridized carbons (Fsp3) is 0.333. The van der Waals surface area contributed by atoms with E-state index in [1.54, 1.807) is 43.5 Å². The monoisotopic (exact) mass is 522 g/mol. The van der Waals surface area contributed by atoms with Crippen LogP contribution in [0.2, 0.25) is 0 Å². The number of hydrogen-bond acceptors (Lipinski definition) is 3. The zero-order chi connectivity index (χ0) is 26.9. The lowest BCUT2D eigenvalue weighted by Crippen LogP contribution is -2.51. The lowest BCUT2D eigenvalue weighted by molar-refractivity contribution is -0.137. The molecule has 0 saturated heterocycles. The maximum absolute atomic E-state index is 14.0. The summed E-state index contributed by atoms with van der Waals surface area (Å²) in [6, 6.07) is 18.3. The summed E-state index contributed by atoms with van der Waals surface area (Å²) in [5, 5.41) is 2.72. The minimum Gasteiger partial charge on any atom is -0.497 e. The molecular weight excluding hydrogens is 493 g/mol. The van der Waals surface area contributed by atoms with Crippen LogP contribution >= 0.6 is 0 Å². The van der Waals surface area contributed by atoms with Crippen LogP contribution in [-0.2, 0) is 11.0 Å². The summed E-state index contributed by atoms with van der Waals surface area (Å²) in [6.45, 7) is 0. The lowest BCUT2D eigenvalue weighted by Gasteiger charge is -2.46. The van der Waals surface area contributed by atoms with E-state index in [4.69, 9.17) is 4.74 Å². The van der Waals surface area contributed by atoms with Gasteiger partial charge in [0.1, 0.15) is 5.75 Å². The van der Waals surface area contributed by atoms with Crippen LogP contribution < -0.4 is 10.1 Å². The van der Waals surface area contributed by atoms with Crippen molar-refractivity contribution in [1.82, 2.24) is 4.90 Å². The molecule has 1 aliphatic carbocycles. The van der Waals surface area contributed by atoms with Gasteiger partial charge < -0.3 is 15.0 Å². The highest BCUT2D eigenvalue weighted by molar-refractivity contribution is 6.04. The van der Waals surface area contributed by atoms with E-state index in [1.807, 2.05) is 17.0 Å². The molecule has 0 unspecified atom stereocenters. The fourth-order valence-electron chi connectivity index (χ4n) is 5.74. The minimum absolute atomic E-state index is 0.0411. The van der Waals surface area contributed by atoms with Crippen molar-refractivity contribution in [1.29, 1.82) is 0 Å². The Morgan fingerprint density at radius 1 is 0.947 bits per heavy atom. The van der Waals surface area contributed by atoms with Gasteiger partial charge in [-0.1, -0.05) is 55.7 Å². The minimum atomic E-state index is -4.53. The second-order valence-electron chi connectivity index (χ2n) is 9.85. The van der Waals surface area contributed by atoms with Crippen LogP contribution in [0.25, 0.3) is 0 Å². The molecule has 2 atom stereocenters. The van der Waals surface area contributed by atoms with Gasteiger partial charge in [0.25, 0.3) is 5.91 Å². The quantitative estimate of drug-likeness (QED) is 0.394. The number of halogens is 3. The number of anilines is 1. The molecule has 1 fully saturated rings. The van der Waals surface area contributed by atoms with Gasteiger partial charge in [0.15, 0.2) is 0 Å². The average molecular weight is 523 g/mol. The number of hydrogen-bond donors (Lipinski definition) is 1. The summed E-state index contributed by atoms with van der Waals surface area (Å²) in [4.78, 5) is 29.8. The van der Waals surface area contributed by atoms with Crippen molar-refractivity contribution in [2.75, 3.05) is 12.4 Å². The molecule has 38 heavy (non-hydrogen) atoms. The first kappa shape index (κ1) is 25.8. The van der Waals surface area contributed by atoms with Crippen molar-refractivity contribution in [2.24, 2.45) is 0 Å². The van der Waals surface area contributed by atoms with Crippen LogP contribution in [0.1, 0.15) is 71.1 Å². The van der Waals surface area contributed by atoms with E-state index in [0.29, 0.717) is 16.9 Å². The molecule has 0 spiro atoms. The number of carbonyl (C=O) groups excluding carboxylic acids is 2. The third-order valence-electron chi connectivity index (χ3n) is 7.54. The van der Waals surface area contributed by atoms with Gasteiger partial charge >= 0.3 is 6.18 Å². The third-order valence-corrected chi connectivity index (χ3v) is 7.54. The predicted molar refractivity (Wildman–Crippen MR) is 138 cm³/mol. The Kier molecular flexibility index (Phi) is 7.15. The molecule has 3 aromatic rings. The number of amides is 2. The highest BCUT2D eigenvalue weighted by Gasteiger charge is 2.46. The zero-order valence-corrected chi connectivity index (χ0v) is 21.0. The molecule has 8 heteroatoms. The van der Waals surface area contributed by atoms with Gasteiger partial charge in [0.2, 0.25) is 5.91 Å². The number of fused-ring (bicyclic) bond motifs is 1. The molecule has 1 heterocycles. The number of methoxy groups -OCH3 is 1. The Labute approximate surface area is 219 Å². The molecule has 0 radical (unpaired) electrons. The van der Waals surface area contributed by atoms with Gasteiger partial charge in [0, 0.05) is 17.3 Å². The summed E-state index contributed by atoms with van der Waals surface area (Å²) in [6.07, 6.45) is 0.222. The molecule has 3 aromatic carbocycles. The van der Waals surface area contributed by atoms with Crippen molar-refractivity contribution in [2.45, 2.75) is 56.3 Å². The normalized spacial score (nSPS) is 20.1. The molecule has 2 aliphatic rings. The summed E-state index contributed by atoms with van der Waals surface area (Å²) in [5.41, 5.74) is 0.993. The van der Waals surface area contributed by atoms with E-state index in [0.717, 1.165) is 49.8 Å². The Morgan fingerprint density at radius 3 is 2.34 bits per heavy atom. The number of nitrogens with zero attached hydrogens (tertiary/aromatic N) is 1. The maximum Gasteiger partial charge on any atom is 0.416 e. The molecule has 198 valence electrons. The first-order valence-electron chi connectivity index (χ1n) is 12.8. The summed E-state index contributed by atoms with van der Waals surface area (Å²) in [7, 11) is 1.56. The third kappa shape index (κ3) is 4.99. The number of nitrogens with one attached hydrogen (secondary N) is 1. The lowest BCUT2D eigenvalue weighted by atomic mass is 9.77. The fourth-order valence-corrected chi connectivity index (χ4v) is 5.74. The van der Waals surface area contributed by atoms with E-state index in [9.17, 15) is 22.8 Å². The van der Waals surface area contributed by atoms with Gasteiger partial charge in [-0.05, 0) is 60.4 Å². The molecule has 0 bridgehead atoms. The van der Waals surface area contributed by atoms with Crippen molar-refractivity contribution in [3.05, 3.63) is 95.1 Å². The van der Waals surface area contributed by atoms with E-state index in [2.05, 4.69) is 5.32 Å². The second kappa shape index (κ2) is 10.5. The Morgan fingerprint density at radius 2 is 1.66 bits per heavy atom. The second-order valence-corrected chi connectivity index (χ2v) is 9.85. The predicted octanol–water partition coefficient (Wildman–Crippen LogP) is 6.97. The molecule has 5 rings (SSSR count). The number of alkyl halides is 3. The van der Waals surface area contributed by atoms with Crippen LogP contribution in [0.4, 0.5) is 18.9 Å². The Hall–Kier alpha value is -3.81. The van der Waals surface area contributed by atoms with E-state index in [1.165, 1.54) is 12.1 Å². The van der Waals surface area contributed by atoms with Gasteiger partial charge in [-0.15, -0.1) is 0 Å². The SMILES string of the molecule is COc1ccc([C@@H]2[C@H](C(=O)Nc3cccc(C(F)(F)F)c3)c3ccccc3C(=O)N2C2CCCCC2)cc1. The standard InChI is InChI=1S/C30H29F3N2O3/c1-38-23-16-14-19(15-17-23)27-26(28(36)34-21-9-7-8-20(18-21)30(31,32)33)24-12-5-6-13-25(24)29(37)35(27)22-10-3-2-4-11-22/h5-9,12-18,22,26-27H,2-4,10-11H2,1H3,(H,34,36)/t26-,27-/m1/s1. The molecule has 2 amide bonds. The number of ether oxygens (including phenoxy) is 1. The van der Waals surface area contributed by atoms with Gasteiger partial charge in [0.05, 0.1) is 24.6 Å². The highest BCUT2D eigenvalue weighted by Crippen LogP contribution is 2.46. The van der Waals surface area contributed by atoms with Gasteiger partial charge in [-0.25, -0.2) is 0 Å². The first-order chi connectivity index (χ1) is 18.3. The first-order valence-corrected chi connectivity index (χ1v) is 12.8. The van der Waals surface area contributed by atoms with Gasteiger partial charge in [-0.2, -0.15) is 13.2 Å². The largest absolute Gasteiger partial charge is 0.497 e. The van der Waals surface area contributed by atoms with Crippen LogP contribution in [-0.4, -0.2) is 29.9 Å². The molecule has 1 N–H and O–H groups in total. The van der Waals surface area contributed by atoms with E-state index < -0.39 is 29.6 Å². The number of carbonyl (C=O) groups is 2. The average Bonchev–Trinajstić information content (AvgIpc) is 2.93.